The van der Waals surface area contributed by atoms with Crippen molar-refractivity contribution in [3.8, 4) is 17.2 Å². The number of aromatic nitrogens is 3. The maximum atomic E-state index is 5.31. The Morgan fingerprint density at radius 3 is 2.93 bits per heavy atom. The van der Waals surface area contributed by atoms with Gasteiger partial charge in [0.25, 0.3) is 5.89 Å². The summed E-state index contributed by atoms with van der Waals surface area (Å²) in [6.07, 6.45) is 3.17. The average molecular weight is 192 g/mol. The Morgan fingerprint density at radius 1 is 1.43 bits per heavy atom. The van der Waals surface area contributed by atoms with Gasteiger partial charge in [-0.3, -0.25) is 4.98 Å². The molecule has 14 heavy (non-hydrogen) atoms. The molecule has 0 aliphatic heterocycles. The van der Waals surface area contributed by atoms with Crippen molar-refractivity contribution in [1.82, 2.24) is 15.2 Å². The predicted molar refractivity (Wildman–Crippen MR) is 48.5 cm³/mol. The second-order valence-electron chi connectivity index (χ2n) is 2.52. The van der Waals surface area contributed by atoms with E-state index < -0.39 is 0 Å². The lowest BCUT2D eigenvalue weighted by molar-refractivity contribution is 0.412. The molecule has 2 aromatic rings. The van der Waals surface area contributed by atoms with Crippen LogP contribution < -0.4 is 10.5 Å². The third-order valence-corrected chi connectivity index (χ3v) is 1.68. The second-order valence-corrected chi connectivity index (χ2v) is 2.52. The van der Waals surface area contributed by atoms with Crippen molar-refractivity contribution < 1.29 is 9.15 Å². The SMILES string of the molecule is COc1cnccc1-c1nnc(N)o1. The number of methoxy groups -OCH3 is 1. The molecule has 0 bridgehead atoms. The largest absolute Gasteiger partial charge is 0.494 e. The normalized spacial score (nSPS) is 10.1. The van der Waals surface area contributed by atoms with Gasteiger partial charge in [-0.1, -0.05) is 5.10 Å². The lowest BCUT2D eigenvalue weighted by atomic mass is 10.2. The highest BCUT2D eigenvalue weighted by atomic mass is 16.5. The van der Waals surface area contributed by atoms with Crippen molar-refractivity contribution >= 4 is 6.01 Å². The summed E-state index contributed by atoms with van der Waals surface area (Å²) >= 11 is 0. The van der Waals surface area contributed by atoms with Gasteiger partial charge < -0.3 is 14.9 Å². The Labute approximate surface area is 79.7 Å². The number of nitrogens with two attached hydrogens (primary N) is 1. The van der Waals surface area contributed by atoms with Crippen LogP contribution in [0.1, 0.15) is 0 Å². The van der Waals surface area contributed by atoms with Crippen molar-refractivity contribution in [3.63, 3.8) is 0 Å². The molecular weight excluding hydrogens is 184 g/mol. The van der Waals surface area contributed by atoms with Gasteiger partial charge >= 0.3 is 6.01 Å². The number of ether oxygens (including phenoxy) is 1. The van der Waals surface area contributed by atoms with Gasteiger partial charge in [0.05, 0.1) is 18.9 Å². The van der Waals surface area contributed by atoms with E-state index in [2.05, 4.69) is 15.2 Å². The number of nitrogen functional groups attached to an aromatic ring is 1. The molecule has 0 atom stereocenters. The molecular formula is C8H8N4O2. The molecule has 0 aromatic carbocycles. The van der Waals surface area contributed by atoms with Crippen molar-refractivity contribution in [2.24, 2.45) is 0 Å². The van der Waals surface area contributed by atoms with Gasteiger partial charge in [0, 0.05) is 6.20 Å². The fraction of sp³-hybridized carbons (Fsp3) is 0.125. The minimum atomic E-state index is 0.0267. The van der Waals surface area contributed by atoms with E-state index in [1.165, 1.54) is 0 Å². The average Bonchev–Trinajstić information content (AvgIpc) is 2.65. The molecule has 0 radical (unpaired) electrons. The molecule has 0 aliphatic rings. The highest BCUT2D eigenvalue weighted by Crippen LogP contribution is 2.27. The molecule has 6 nitrogen and oxygen atoms in total. The van der Waals surface area contributed by atoms with Crippen LogP contribution in [0.4, 0.5) is 6.01 Å². The molecule has 2 rings (SSSR count). The van der Waals surface area contributed by atoms with Crippen LogP contribution in [0.25, 0.3) is 11.5 Å². The summed E-state index contributed by atoms with van der Waals surface area (Å²) in [5.41, 5.74) is 5.98. The van der Waals surface area contributed by atoms with Crippen LogP contribution in [0.3, 0.4) is 0 Å². The first kappa shape index (κ1) is 8.49. The summed E-state index contributed by atoms with van der Waals surface area (Å²) in [5.74, 6) is 0.887. The van der Waals surface area contributed by atoms with Gasteiger partial charge in [-0.15, -0.1) is 5.10 Å². The third-order valence-electron chi connectivity index (χ3n) is 1.68. The van der Waals surface area contributed by atoms with Crippen molar-refractivity contribution in [3.05, 3.63) is 18.5 Å². The summed E-state index contributed by atoms with van der Waals surface area (Å²) in [5, 5.41) is 7.30. The van der Waals surface area contributed by atoms with Crippen molar-refractivity contribution in [2.45, 2.75) is 0 Å². The number of pyridine rings is 1. The second kappa shape index (κ2) is 3.33. The zero-order valence-electron chi connectivity index (χ0n) is 7.47. The number of rotatable bonds is 2. The van der Waals surface area contributed by atoms with Gasteiger partial charge in [-0.25, -0.2) is 0 Å². The molecule has 2 heterocycles. The highest BCUT2D eigenvalue weighted by Gasteiger charge is 2.11. The van der Waals surface area contributed by atoms with E-state index in [9.17, 15) is 0 Å². The van der Waals surface area contributed by atoms with Crippen molar-refractivity contribution in [1.29, 1.82) is 0 Å². The minimum Gasteiger partial charge on any atom is -0.494 e. The summed E-state index contributed by atoms with van der Waals surface area (Å²) in [7, 11) is 1.54. The van der Waals surface area contributed by atoms with Crippen LogP contribution in [-0.2, 0) is 0 Å². The maximum Gasteiger partial charge on any atom is 0.313 e. The molecule has 0 saturated carbocycles. The van der Waals surface area contributed by atoms with E-state index in [4.69, 9.17) is 14.9 Å². The first-order valence-corrected chi connectivity index (χ1v) is 3.88. The number of nitrogens with zero attached hydrogens (tertiary/aromatic N) is 3. The molecule has 0 amide bonds. The Balaban J connectivity index is 2.50. The Bertz CT molecular complexity index is 440. The lowest BCUT2D eigenvalue weighted by Crippen LogP contribution is -1.88. The maximum absolute atomic E-state index is 5.31. The zero-order valence-corrected chi connectivity index (χ0v) is 7.47. The van der Waals surface area contributed by atoms with Crippen molar-refractivity contribution in [2.75, 3.05) is 12.8 Å². The molecule has 0 saturated heterocycles. The highest BCUT2D eigenvalue weighted by molar-refractivity contribution is 5.61. The standard InChI is InChI=1S/C8H8N4O2/c1-13-6-4-10-3-2-5(6)7-11-12-8(9)14-7/h2-4H,1H3,(H2,9,12). The molecule has 6 heteroatoms. The molecule has 72 valence electrons. The van der Waals surface area contributed by atoms with E-state index in [0.29, 0.717) is 17.2 Å². The van der Waals surface area contributed by atoms with Crippen LogP contribution in [0, 0.1) is 0 Å². The van der Waals surface area contributed by atoms with E-state index >= 15 is 0 Å². The fourth-order valence-electron chi connectivity index (χ4n) is 1.06. The van der Waals surface area contributed by atoms with E-state index in [0.717, 1.165) is 0 Å². The minimum absolute atomic E-state index is 0.0267. The Kier molecular flexibility index (Phi) is 2.02. The lowest BCUT2D eigenvalue weighted by Gasteiger charge is -2.02. The van der Waals surface area contributed by atoms with Gasteiger partial charge in [0.1, 0.15) is 5.75 Å². The van der Waals surface area contributed by atoms with Crippen LogP contribution in [0.5, 0.6) is 5.75 Å². The predicted octanol–water partition coefficient (Wildman–Crippen LogP) is 0.722. The zero-order chi connectivity index (χ0) is 9.97. The molecule has 0 spiro atoms. The van der Waals surface area contributed by atoms with Crippen LogP contribution in [0.15, 0.2) is 22.9 Å². The molecule has 0 unspecified atom stereocenters. The number of hydrogen-bond acceptors (Lipinski definition) is 6. The smallest absolute Gasteiger partial charge is 0.313 e. The van der Waals surface area contributed by atoms with E-state index in [1.54, 1.807) is 25.6 Å². The van der Waals surface area contributed by atoms with E-state index in [-0.39, 0.29) is 6.01 Å². The number of hydrogen-bond donors (Lipinski definition) is 1. The van der Waals surface area contributed by atoms with Gasteiger partial charge in [0.2, 0.25) is 0 Å². The summed E-state index contributed by atoms with van der Waals surface area (Å²) < 4.78 is 10.1. The fourth-order valence-corrected chi connectivity index (χ4v) is 1.06. The van der Waals surface area contributed by atoms with Crippen LogP contribution in [-0.4, -0.2) is 22.3 Å². The first-order valence-electron chi connectivity index (χ1n) is 3.88. The Hall–Kier alpha value is -2.11. The molecule has 0 fully saturated rings. The quantitative estimate of drug-likeness (QED) is 0.754. The molecule has 0 aliphatic carbocycles. The van der Waals surface area contributed by atoms with Crippen LogP contribution in [0.2, 0.25) is 0 Å². The Morgan fingerprint density at radius 2 is 2.29 bits per heavy atom. The van der Waals surface area contributed by atoms with E-state index in [1.807, 2.05) is 0 Å². The summed E-state index contributed by atoms with van der Waals surface area (Å²) in [6.45, 7) is 0. The number of anilines is 1. The van der Waals surface area contributed by atoms with Gasteiger partial charge in [-0.2, -0.15) is 0 Å². The molecule has 2 aromatic heterocycles. The van der Waals surface area contributed by atoms with Crippen LogP contribution >= 0.6 is 0 Å². The molecule has 2 N–H and O–H groups in total. The van der Waals surface area contributed by atoms with Gasteiger partial charge in [-0.05, 0) is 6.07 Å². The topological polar surface area (TPSA) is 87.1 Å². The summed E-state index contributed by atoms with van der Waals surface area (Å²) in [4.78, 5) is 3.90. The summed E-state index contributed by atoms with van der Waals surface area (Å²) in [6, 6.07) is 1.74. The third kappa shape index (κ3) is 1.37. The monoisotopic (exact) mass is 192 g/mol. The first-order chi connectivity index (χ1) is 6.81. The van der Waals surface area contributed by atoms with Gasteiger partial charge in [0.15, 0.2) is 0 Å².